The highest BCUT2D eigenvalue weighted by Crippen LogP contribution is 2.26. The number of amides is 1. The summed E-state index contributed by atoms with van der Waals surface area (Å²) in [6, 6.07) is -1.03. The number of ether oxygens (including phenoxy) is 2. The molecule has 14 heteroatoms. The van der Waals surface area contributed by atoms with Gasteiger partial charge in [-0.25, -0.2) is 4.18 Å². The zero-order chi connectivity index (χ0) is 37.2. The van der Waals surface area contributed by atoms with Crippen molar-refractivity contribution >= 4 is 16.3 Å². The average molecular weight is 740 g/mol. The van der Waals surface area contributed by atoms with E-state index in [9.17, 15) is 38.7 Å². The Morgan fingerprint density at radius 1 is 0.780 bits per heavy atom. The molecule has 0 bridgehead atoms. The van der Waals surface area contributed by atoms with Crippen molar-refractivity contribution in [1.29, 1.82) is 0 Å². The molecule has 1 saturated heterocycles. The second kappa shape index (κ2) is 28.3. The molecule has 0 spiro atoms. The molecule has 13 nitrogen and oxygen atoms in total. The van der Waals surface area contributed by atoms with Gasteiger partial charge in [0, 0.05) is 0 Å². The lowest BCUT2D eigenvalue weighted by Crippen LogP contribution is -2.61. The lowest BCUT2D eigenvalue weighted by Gasteiger charge is -2.41. The second-order valence-corrected chi connectivity index (χ2v) is 14.7. The Morgan fingerprint density at radius 2 is 1.28 bits per heavy atom. The van der Waals surface area contributed by atoms with E-state index in [0.717, 1.165) is 51.4 Å². The van der Waals surface area contributed by atoms with Crippen LogP contribution in [0, 0.1) is 0 Å². The molecule has 8 atom stereocenters. The molecule has 0 radical (unpaired) electrons. The summed E-state index contributed by atoms with van der Waals surface area (Å²) in [6.45, 7) is 3.17. The Hall–Kier alpha value is -1.20. The van der Waals surface area contributed by atoms with Gasteiger partial charge in [0.25, 0.3) is 0 Å². The first-order valence-corrected chi connectivity index (χ1v) is 20.5. The summed E-state index contributed by atoms with van der Waals surface area (Å²) in [5, 5.41) is 54.9. The Kier molecular flexibility index (Phi) is 26.5. The van der Waals surface area contributed by atoms with E-state index < -0.39 is 78.5 Å². The lowest BCUT2D eigenvalue weighted by atomic mass is 9.99. The van der Waals surface area contributed by atoms with Crippen molar-refractivity contribution < 1.29 is 57.0 Å². The zero-order valence-electron chi connectivity index (χ0n) is 30.6. The minimum Gasteiger partial charge on any atom is -0.394 e. The summed E-state index contributed by atoms with van der Waals surface area (Å²) in [4.78, 5) is 13.0. The van der Waals surface area contributed by atoms with Gasteiger partial charge in [-0.15, -0.1) is 0 Å². The number of rotatable bonds is 31. The predicted molar refractivity (Wildman–Crippen MR) is 192 cm³/mol. The molecule has 8 unspecified atom stereocenters. The Bertz CT molecular complexity index is 984. The molecule has 1 aliphatic heterocycles. The van der Waals surface area contributed by atoms with E-state index in [2.05, 4.69) is 35.5 Å². The number of carbonyl (C=O) groups is 1. The van der Waals surface area contributed by atoms with Crippen LogP contribution in [0.5, 0.6) is 0 Å². The van der Waals surface area contributed by atoms with E-state index in [4.69, 9.17) is 14.0 Å². The molecule has 7 N–H and O–H groups in total. The number of aliphatic hydroxyl groups excluding tert-OH is 5. The molecule has 0 aromatic heterocycles. The number of unbranched alkanes of at least 4 members (excludes halogenated alkanes) is 16. The monoisotopic (exact) mass is 739 g/mol. The number of carbonyl (C=O) groups excluding carboxylic acids is 1. The molecule has 0 aliphatic carbocycles. The number of hydrogen-bond acceptors (Lipinski definition) is 11. The van der Waals surface area contributed by atoms with Crippen molar-refractivity contribution in [1.82, 2.24) is 5.32 Å². The third-order valence-electron chi connectivity index (χ3n) is 9.18. The molecule has 1 rings (SSSR count). The highest BCUT2D eigenvalue weighted by atomic mass is 32.3. The molecule has 0 saturated carbocycles. The minimum atomic E-state index is -5.10. The number of nitrogens with one attached hydrogen (secondary N) is 1. The van der Waals surface area contributed by atoms with Crippen molar-refractivity contribution in [2.45, 2.75) is 198 Å². The van der Waals surface area contributed by atoms with E-state index in [1.165, 1.54) is 57.8 Å². The van der Waals surface area contributed by atoms with E-state index in [-0.39, 0.29) is 6.42 Å². The van der Waals surface area contributed by atoms with Crippen LogP contribution in [0.4, 0.5) is 0 Å². The van der Waals surface area contributed by atoms with Gasteiger partial charge in [0.15, 0.2) is 6.29 Å². The molecular formula is C36H69NO12S. The Labute approximate surface area is 301 Å². The van der Waals surface area contributed by atoms with Gasteiger partial charge in [0.1, 0.15) is 30.5 Å². The maximum atomic E-state index is 13.0. The lowest BCUT2D eigenvalue weighted by molar-refractivity contribution is -0.298. The van der Waals surface area contributed by atoms with Crippen molar-refractivity contribution in [2.24, 2.45) is 0 Å². The van der Waals surface area contributed by atoms with Crippen LogP contribution in [0.2, 0.25) is 0 Å². The van der Waals surface area contributed by atoms with Gasteiger partial charge in [0.05, 0.1) is 25.4 Å². The van der Waals surface area contributed by atoms with Crippen LogP contribution in [0.25, 0.3) is 0 Å². The van der Waals surface area contributed by atoms with Crippen LogP contribution in [0.15, 0.2) is 12.2 Å². The third kappa shape index (κ3) is 21.4. The molecule has 1 heterocycles. The smallest absolute Gasteiger partial charge is 0.394 e. The molecule has 1 aliphatic rings. The summed E-state index contributed by atoms with van der Waals surface area (Å²) in [5.41, 5.74) is 0. The van der Waals surface area contributed by atoms with Gasteiger partial charge in [-0.2, -0.15) is 8.42 Å². The van der Waals surface area contributed by atoms with Crippen LogP contribution >= 0.6 is 0 Å². The minimum absolute atomic E-state index is 0.246. The summed E-state index contributed by atoms with van der Waals surface area (Å²) in [7, 11) is -5.10. The Morgan fingerprint density at radius 3 is 1.84 bits per heavy atom. The predicted octanol–water partition coefficient (Wildman–Crippen LogP) is 4.62. The normalized spacial score (nSPS) is 23.2. The third-order valence-corrected chi connectivity index (χ3v) is 9.65. The van der Waals surface area contributed by atoms with Crippen LogP contribution in [-0.2, 0) is 28.9 Å². The first kappa shape index (κ1) is 46.8. The molecule has 1 fully saturated rings. The van der Waals surface area contributed by atoms with Gasteiger partial charge in [0.2, 0.25) is 5.91 Å². The van der Waals surface area contributed by atoms with E-state index >= 15 is 0 Å². The molecule has 50 heavy (non-hydrogen) atoms. The largest absolute Gasteiger partial charge is 0.397 e. The van der Waals surface area contributed by atoms with Gasteiger partial charge >= 0.3 is 10.4 Å². The summed E-state index contributed by atoms with van der Waals surface area (Å²) >= 11 is 0. The first-order chi connectivity index (χ1) is 23.9. The summed E-state index contributed by atoms with van der Waals surface area (Å²) in [5.74, 6) is -0.683. The molecule has 296 valence electrons. The topological polar surface area (TPSA) is 212 Å². The number of aliphatic hydroxyl groups is 5. The fourth-order valence-corrected chi connectivity index (χ4v) is 6.55. The standard InChI is InChI=1S/C36H69NO12S/c1-3-5-7-9-11-13-15-17-19-21-23-25-30(40)35(43)37-28(29(39)24-22-20-18-16-14-12-10-8-6-4-2)27-47-36-33(42)34(49-50(44,45)46)32(41)31(26-38)48-36/h11,13,28-34,36,38-42H,3-10,12,14-27H2,1-2H3,(H,37,43)(H,44,45,46)/b13-11-. The molecule has 0 aromatic rings. The highest BCUT2D eigenvalue weighted by molar-refractivity contribution is 7.80. The van der Waals surface area contributed by atoms with Crippen LogP contribution in [0.3, 0.4) is 0 Å². The molecular weight excluding hydrogens is 670 g/mol. The fourth-order valence-electron chi connectivity index (χ4n) is 6.05. The quantitative estimate of drug-likeness (QED) is 0.0295. The molecule has 1 amide bonds. The van der Waals surface area contributed by atoms with Crippen molar-refractivity contribution in [2.75, 3.05) is 13.2 Å². The first-order valence-electron chi connectivity index (χ1n) is 19.2. The number of hydrogen-bond donors (Lipinski definition) is 7. The maximum Gasteiger partial charge on any atom is 0.397 e. The van der Waals surface area contributed by atoms with E-state index in [0.29, 0.717) is 19.3 Å². The Balaban J connectivity index is 2.70. The van der Waals surface area contributed by atoms with Gasteiger partial charge < -0.3 is 40.3 Å². The van der Waals surface area contributed by atoms with Crippen LogP contribution < -0.4 is 5.32 Å². The number of allylic oxidation sites excluding steroid dienone is 2. The van der Waals surface area contributed by atoms with Crippen LogP contribution in [0.1, 0.15) is 149 Å². The zero-order valence-corrected chi connectivity index (χ0v) is 31.4. The SMILES string of the molecule is CCCCC/C=C\CCCCCCC(O)C(=O)NC(COC1OC(CO)C(O)C(OS(=O)(=O)O)C1O)C(O)CCCCCCCCCCCC. The fraction of sp³-hybridized carbons (Fsp3) is 0.917. The second-order valence-electron chi connectivity index (χ2n) is 13.7. The van der Waals surface area contributed by atoms with Crippen molar-refractivity contribution in [3.63, 3.8) is 0 Å². The summed E-state index contributed by atoms with van der Waals surface area (Å²) < 4.78 is 47.2. The summed E-state index contributed by atoms with van der Waals surface area (Å²) in [6.07, 6.45) is 14.3. The average Bonchev–Trinajstić information content (AvgIpc) is 3.08. The van der Waals surface area contributed by atoms with Gasteiger partial charge in [-0.05, 0) is 38.5 Å². The maximum absolute atomic E-state index is 13.0. The van der Waals surface area contributed by atoms with Crippen molar-refractivity contribution in [3.05, 3.63) is 12.2 Å². The van der Waals surface area contributed by atoms with E-state index in [1.54, 1.807) is 0 Å². The van der Waals surface area contributed by atoms with E-state index in [1.807, 2.05) is 0 Å². The van der Waals surface area contributed by atoms with Crippen molar-refractivity contribution in [3.8, 4) is 0 Å². The molecule has 0 aromatic carbocycles. The van der Waals surface area contributed by atoms with Crippen LogP contribution in [-0.4, -0.2) is 107 Å². The van der Waals surface area contributed by atoms with Gasteiger partial charge in [-0.1, -0.05) is 122 Å². The highest BCUT2D eigenvalue weighted by Gasteiger charge is 2.48. The van der Waals surface area contributed by atoms with Gasteiger partial charge in [-0.3, -0.25) is 9.35 Å².